The molecular formula is C15H22O3Si. The van der Waals surface area contributed by atoms with E-state index < -0.39 is 8.07 Å². The summed E-state index contributed by atoms with van der Waals surface area (Å²) in [5.74, 6) is -0.334. The van der Waals surface area contributed by atoms with Crippen LogP contribution in [0.25, 0.3) is 0 Å². The van der Waals surface area contributed by atoms with E-state index in [9.17, 15) is 4.79 Å². The first-order chi connectivity index (χ1) is 8.95. The van der Waals surface area contributed by atoms with E-state index in [4.69, 9.17) is 9.47 Å². The number of carbonyl (C=O) groups excluding carboxylic acids is 1. The van der Waals surface area contributed by atoms with Crippen LogP contribution >= 0.6 is 0 Å². The highest BCUT2D eigenvalue weighted by atomic mass is 28.3. The Kier molecular flexibility index (Phi) is 5.98. The molecule has 1 rings (SSSR count). The van der Waals surface area contributed by atoms with Crippen LogP contribution < -0.4 is 5.19 Å². The lowest BCUT2D eigenvalue weighted by Gasteiger charge is -2.19. The quantitative estimate of drug-likeness (QED) is 0.591. The zero-order valence-electron chi connectivity index (χ0n) is 12.1. The number of methoxy groups -OCH3 is 1. The molecule has 1 aromatic rings. The van der Waals surface area contributed by atoms with Crippen molar-refractivity contribution < 1.29 is 14.3 Å². The molecule has 0 heterocycles. The monoisotopic (exact) mass is 278 g/mol. The summed E-state index contributed by atoms with van der Waals surface area (Å²) in [6, 6.07) is 10.4. The van der Waals surface area contributed by atoms with E-state index in [0.29, 0.717) is 0 Å². The summed E-state index contributed by atoms with van der Waals surface area (Å²) >= 11 is 0. The summed E-state index contributed by atoms with van der Waals surface area (Å²) in [6.45, 7) is 6.39. The summed E-state index contributed by atoms with van der Waals surface area (Å²) in [6.07, 6.45) is 1.74. The Balaban J connectivity index is 2.62. The fraction of sp³-hybridized carbons (Fsp3) is 0.400. The fourth-order valence-electron chi connectivity index (χ4n) is 1.74. The Morgan fingerprint density at radius 3 is 2.53 bits per heavy atom. The molecule has 0 aliphatic rings. The standard InChI is InChI=1S/C15H22O3Si/c1-13(18-15(16)12-17-2)10-11-19(3,4)14-8-6-5-7-9-14/h5-11,13H,12H2,1-4H3/b11-10+/t13-/m1/s1. The van der Waals surface area contributed by atoms with Crippen LogP contribution in [0.15, 0.2) is 42.1 Å². The van der Waals surface area contributed by atoms with Gasteiger partial charge in [0.05, 0.1) is 0 Å². The molecule has 0 aliphatic heterocycles. The summed E-state index contributed by atoms with van der Waals surface area (Å²) in [5.41, 5.74) is 2.20. The maximum Gasteiger partial charge on any atom is 0.332 e. The molecule has 0 bridgehead atoms. The van der Waals surface area contributed by atoms with Crippen LogP contribution in [0.4, 0.5) is 0 Å². The first-order valence-corrected chi connectivity index (χ1v) is 9.47. The average molecular weight is 278 g/mol. The van der Waals surface area contributed by atoms with Gasteiger partial charge in [-0.2, -0.15) is 0 Å². The molecule has 0 fully saturated rings. The predicted octanol–water partition coefficient (Wildman–Crippen LogP) is 2.28. The van der Waals surface area contributed by atoms with E-state index in [2.05, 4.69) is 43.1 Å². The van der Waals surface area contributed by atoms with Crippen LogP contribution in [0.2, 0.25) is 13.1 Å². The van der Waals surface area contributed by atoms with Gasteiger partial charge < -0.3 is 9.47 Å². The lowest BCUT2D eigenvalue weighted by Crippen LogP contribution is -2.39. The second-order valence-electron chi connectivity index (χ2n) is 5.07. The lowest BCUT2D eigenvalue weighted by atomic mass is 10.4. The van der Waals surface area contributed by atoms with Gasteiger partial charge in [-0.15, -0.1) is 0 Å². The topological polar surface area (TPSA) is 35.5 Å². The maximum absolute atomic E-state index is 11.3. The Labute approximate surface area is 116 Å². The third-order valence-electron chi connectivity index (χ3n) is 2.88. The van der Waals surface area contributed by atoms with Gasteiger partial charge in [0.15, 0.2) is 0 Å². The molecule has 0 aliphatic carbocycles. The van der Waals surface area contributed by atoms with Crippen molar-refractivity contribution in [2.75, 3.05) is 13.7 Å². The van der Waals surface area contributed by atoms with E-state index in [1.807, 2.05) is 19.1 Å². The SMILES string of the molecule is COCC(=O)O[C@H](C)/C=C/[Si](C)(C)c1ccccc1. The molecule has 0 radical (unpaired) electrons. The molecule has 0 unspecified atom stereocenters. The minimum Gasteiger partial charge on any atom is -0.457 e. The first kappa shape index (κ1) is 15.7. The number of ether oxygens (including phenoxy) is 2. The molecule has 1 aromatic carbocycles. The van der Waals surface area contributed by atoms with Crippen LogP contribution in [-0.4, -0.2) is 33.9 Å². The van der Waals surface area contributed by atoms with Crippen molar-refractivity contribution in [1.29, 1.82) is 0 Å². The van der Waals surface area contributed by atoms with E-state index in [1.54, 1.807) is 0 Å². The van der Waals surface area contributed by atoms with Crippen LogP contribution in [0.3, 0.4) is 0 Å². The van der Waals surface area contributed by atoms with Gasteiger partial charge in [0.2, 0.25) is 0 Å². The number of hydrogen-bond donors (Lipinski definition) is 0. The van der Waals surface area contributed by atoms with Gasteiger partial charge in [0.25, 0.3) is 0 Å². The van der Waals surface area contributed by atoms with Gasteiger partial charge in [0, 0.05) is 7.11 Å². The largest absolute Gasteiger partial charge is 0.457 e. The number of rotatable bonds is 6. The van der Waals surface area contributed by atoms with Gasteiger partial charge in [-0.3, -0.25) is 0 Å². The Morgan fingerprint density at radius 2 is 1.95 bits per heavy atom. The van der Waals surface area contributed by atoms with E-state index in [1.165, 1.54) is 12.3 Å². The lowest BCUT2D eigenvalue weighted by molar-refractivity contribution is -0.150. The Morgan fingerprint density at radius 1 is 1.32 bits per heavy atom. The molecule has 0 saturated carbocycles. The number of benzene rings is 1. The third-order valence-corrected chi connectivity index (χ3v) is 5.73. The highest BCUT2D eigenvalue weighted by Gasteiger charge is 2.19. The molecular weight excluding hydrogens is 256 g/mol. The van der Waals surface area contributed by atoms with Gasteiger partial charge in [-0.25, -0.2) is 4.79 Å². The second kappa shape index (κ2) is 7.26. The van der Waals surface area contributed by atoms with Gasteiger partial charge in [-0.1, -0.05) is 60.4 Å². The van der Waals surface area contributed by atoms with Crippen LogP contribution in [0.1, 0.15) is 6.92 Å². The van der Waals surface area contributed by atoms with Gasteiger partial charge in [-0.05, 0) is 6.92 Å². The third kappa shape index (κ3) is 5.40. The molecule has 0 amide bonds. The normalized spacial score (nSPS) is 13.5. The molecule has 0 saturated heterocycles. The summed E-state index contributed by atoms with van der Waals surface area (Å²) in [4.78, 5) is 11.3. The molecule has 0 aromatic heterocycles. The van der Waals surface area contributed by atoms with Crippen molar-refractivity contribution in [3.8, 4) is 0 Å². The smallest absolute Gasteiger partial charge is 0.332 e. The predicted molar refractivity (Wildman–Crippen MR) is 80.1 cm³/mol. The first-order valence-electron chi connectivity index (χ1n) is 6.39. The number of esters is 1. The van der Waals surface area contributed by atoms with Crippen LogP contribution in [0.5, 0.6) is 0 Å². The van der Waals surface area contributed by atoms with Crippen molar-refractivity contribution >= 4 is 19.2 Å². The molecule has 4 heteroatoms. The van der Waals surface area contributed by atoms with E-state index >= 15 is 0 Å². The Hall–Kier alpha value is -1.39. The number of hydrogen-bond acceptors (Lipinski definition) is 3. The summed E-state index contributed by atoms with van der Waals surface area (Å²) in [5, 5.41) is 1.36. The van der Waals surface area contributed by atoms with E-state index in [0.717, 1.165) is 0 Å². The van der Waals surface area contributed by atoms with E-state index in [-0.39, 0.29) is 18.7 Å². The zero-order valence-corrected chi connectivity index (χ0v) is 13.1. The van der Waals surface area contributed by atoms with Crippen molar-refractivity contribution in [2.24, 2.45) is 0 Å². The molecule has 0 spiro atoms. The fourth-order valence-corrected chi connectivity index (χ4v) is 3.73. The number of carbonyl (C=O) groups is 1. The molecule has 19 heavy (non-hydrogen) atoms. The Bertz CT molecular complexity index is 426. The average Bonchev–Trinajstić information content (AvgIpc) is 2.38. The highest BCUT2D eigenvalue weighted by molar-refractivity contribution is 6.93. The molecule has 1 atom stereocenters. The summed E-state index contributed by atoms with van der Waals surface area (Å²) in [7, 11) is -0.135. The molecule has 3 nitrogen and oxygen atoms in total. The van der Waals surface area contributed by atoms with Gasteiger partial charge >= 0.3 is 5.97 Å². The molecule has 104 valence electrons. The van der Waals surface area contributed by atoms with Crippen molar-refractivity contribution in [3.63, 3.8) is 0 Å². The zero-order chi connectivity index (χ0) is 14.3. The minimum absolute atomic E-state index is 0.00229. The summed E-state index contributed by atoms with van der Waals surface area (Å²) < 4.78 is 9.92. The van der Waals surface area contributed by atoms with Gasteiger partial charge in [0.1, 0.15) is 20.8 Å². The van der Waals surface area contributed by atoms with Crippen LogP contribution in [-0.2, 0) is 14.3 Å². The second-order valence-corrected chi connectivity index (χ2v) is 9.43. The van der Waals surface area contributed by atoms with Crippen LogP contribution in [0, 0.1) is 0 Å². The van der Waals surface area contributed by atoms with Crippen molar-refractivity contribution in [1.82, 2.24) is 0 Å². The van der Waals surface area contributed by atoms with Crippen molar-refractivity contribution in [3.05, 3.63) is 42.1 Å². The highest BCUT2D eigenvalue weighted by Crippen LogP contribution is 2.07. The minimum atomic E-state index is -1.61. The van der Waals surface area contributed by atoms with Crippen molar-refractivity contribution in [2.45, 2.75) is 26.1 Å². The maximum atomic E-state index is 11.3. The molecule has 0 N–H and O–H groups in total.